The lowest BCUT2D eigenvalue weighted by Gasteiger charge is -2.21. The lowest BCUT2D eigenvalue weighted by atomic mass is 9.84. The van der Waals surface area contributed by atoms with Crippen LogP contribution in [-0.2, 0) is 0 Å². The summed E-state index contributed by atoms with van der Waals surface area (Å²) in [6, 6.07) is 11.0. The number of nitrogens with zero attached hydrogens (tertiary/aromatic N) is 3. The Morgan fingerprint density at radius 3 is 2.74 bits per heavy atom. The lowest BCUT2D eigenvalue weighted by Crippen LogP contribution is -2.10. The topological polar surface area (TPSA) is 30.7 Å². The monoisotopic (exact) mass is 255 g/mol. The van der Waals surface area contributed by atoms with Crippen LogP contribution in [0, 0.1) is 23.3 Å². The average molecular weight is 255 g/mol. The van der Waals surface area contributed by atoms with Gasteiger partial charge < -0.3 is 0 Å². The van der Waals surface area contributed by atoms with Crippen LogP contribution in [0.1, 0.15) is 40.5 Å². The third-order valence-corrected chi connectivity index (χ3v) is 2.95. The van der Waals surface area contributed by atoms with E-state index in [1.165, 1.54) is 6.42 Å². The van der Waals surface area contributed by atoms with E-state index in [1.807, 2.05) is 24.3 Å². The molecular weight excluding hydrogens is 234 g/mol. The fourth-order valence-electron chi connectivity index (χ4n) is 2.36. The first-order chi connectivity index (χ1) is 8.96. The molecule has 0 radical (unpaired) electrons. The van der Waals surface area contributed by atoms with Crippen molar-refractivity contribution in [2.45, 2.75) is 40.5 Å². The molecule has 2 rings (SSSR count). The highest BCUT2D eigenvalue weighted by atomic mass is 15.4. The average Bonchev–Trinajstić information content (AvgIpc) is 2.70. The molecule has 3 heteroatoms. The van der Waals surface area contributed by atoms with Crippen LogP contribution in [0.15, 0.2) is 24.3 Å². The molecule has 1 aromatic heterocycles. The predicted octanol–water partition coefficient (Wildman–Crippen LogP) is 3.70. The van der Waals surface area contributed by atoms with Crippen LogP contribution in [0.3, 0.4) is 0 Å². The Balaban J connectivity index is 2.04. The van der Waals surface area contributed by atoms with E-state index in [2.05, 4.69) is 50.0 Å². The molecule has 19 heavy (non-hydrogen) atoms. The summed E-state index contributed by atoms with van der Waals surface area (Å²) in [5.74, 6) is 3.81. The first-order valence-electron chi connectivity index (χ1n) is 6.75. The molecule has 0 aliphatic heterocycles. The number of aromatic nitrogens is 3. The molecule has 3 nitrogen and oxygen atoms in total. The molecule has 1 heterocycles. The predicted molar refractivity (Wildman–Crippen MR) is 78.6 cm³/mol. The normalized spacial score (nSPS) is 13.1. The van der Waals surface area contributed by atoms with Crippen molar-refractivity contribution in [2.24, 2.45) is 11.3 Å². The Morgan fingerprint density at radius 1 is 1.26 bits per heavy atom. The van der Waals surface area contributed by atoms with Crippen LogP contribution in [0.2, 0.25) is 0 Å². The van der Waals surface area contributed by atoms with Gasteiger partial charge in [0.1, 0.15) is 11.0 Å². The van der Waals surface area contributed by atoms with E-state index in [0.717, 1.165) is 17.5 Å². The molecule has 0 saturated carbocycles. The number of benzene rings is 1. The highest BCUT2D eigenvalue weighted by Crippen LogP contribution is 2.25. The van der Waals surface area contributed by atoms with E-state index >= 15 is 0 Å². The molecule has 0 N–H and O–H groups in total. The van der Waals surface area contributed by atoms with Crippen molar-refractivity contribution in [2.75, 3.05) is 0 Å². The van der Waals surface area contributed by atoms with Gasteiger partial charge in [-0.2, -0.15) is 4.68 Å². The van der Waals surface area contributed by atoms with Crippen molar-refractivity contribution in [3.05, 3.63) is 24.3 Å². The number of hydrogen-bond acceptors (Lipinski definition) is 2. The zero-order valence-electron chi connectivity index (χ0n) is 12.1. The van der Waals surface area contributed by atoms with Crippen molar-refractivity contribution >= 4 is 11.0 Å². The summed E-state index contributed by atoms with van der Waals surface area (Å²) < 4.78 is 1.67. The van der Waals surface area contributed by atoms with Crippen LogP contribution >= 0.6 is 0 Å². The summed E-state index contributed by atoms with van der Waals surface area (Å²) in [6.07, 6.45) is 2.07. The molecule has 0 aliphatic rings. The molecule has 1 unspecified atom stereocenters. The summed E-state index contributed by atoms with van der Waals surface area (Å²) in [5, 5.41) is 8.15. The van der Waals surface area contributed by atoms with Gasteiger partial charge in [0.2, 0.25) is 0 Å². The van der Waals surface area contributed by atoms with Crippen LogP contribution in [0.25, 0.3) is 11.0 Å². The van der Waals surface area contributed by atoms with Gasteiger partial charge in [-0.15, -0.1) is 5.10 Å². The maximum Gasteiger partial charge on any atom is 0.114 e. The highest BCUT2D eigenvalue weighted by Gasteiger charge is 2.14. The molecule has 100 valence electrons. The Bertz CT molecular complexity index is 608. The maximum absolute atomic E-state index is 4.09. The van der Waals surface area contributed by atoms with Gasteiger partial charge in [0.15, 0.2) is 0 Å². The molecule has 0 spiro atoms. The maximum atomic E-state index is 4.09. The van der Waals surface area contributed by atoms with Gasteiger partial charge in [-0.1, -0.05) is 51.0 Å². The summed E-state index contributed by atoms with van der Waals surface area (Å²) in [4.78, 5) is 0. The number of para-hydroxylation sites is 1. The minimum absolute atomic E-state index is 0.362. The first kappa shape index (κ1) is 13.6. The second kappa shape index (κ2) is 5.44. The van der Waals surface area contributed by atoms with Crippen LogP contribution in [0.4, 0.5) is 0 Å². The largest absolute Gasteiger partial charge is 0.169 e. The molecular formula is C16H21N3. The number of hydrogen-bond donors (Lipinski definition) is 0. The van der Waals surface area contributed by atoms with Crippen LogP contribution < -0.4 is 0 Å². The molecule has 0 saturated heterocycles. The third kappa shape index (κ3) is 3.82. The SMILES string of the molecule is CC(CC#Cn1nnc2ccccc21)CC(C)(C)C. The molecule has 0 bridgehead atoms. The third-order valence-electron chi connectivity index (χ3n) is 2.95. The Morgan fingerprint density at radius 2 is 2.00 bits per heavy atom. The Hall–Kier alpha value is -1.82. The summed E-state index contributed by atoms with van der Waals surface area (Å²) >= 11 is 0. The number of rotatable bonds is 2. The summed E-state index contributed by atoms with van der Waals surface area (Å²) in [5.41, 5.74) is 2.22. The van der Waals surface area contributed by atoms with Crippen molar-refractivity contribution in [1.29, 1.82) is 0 Å². The molecule has 0 amide bonds. The second-order valence-electron chi connectivity index (χ2n) is 6.35. The fraction of sp³-hybridized carbons (Fsp3) is 0.500. The molecule has 2 aromatic rings. The van der Waals surface area contributed by atoms with Gasteiger partial charge in [0, 0.05) is 12.5 Å². The molecule has 1 atom stereocenters. The smallest absolute Gasteiger partial charge is 0.114 e. The van der Waals surface area contributed by atoms with Crippen molar-refractivity contribution in [3.63, 3.8) is 0 Å². The van der Waals surface area contributed by atoms with E-state index in [4.69, 9.17) is 0 Å². The quantitative estimate of drug-likeness (QED) is 0.766. The van der Waals surface area contributed by atoms with Crippen molar-refractivity contribution in [1.82, 2.24) is 15.0 Å². The van der Waals surface area contributed by atoms with Gasteiger partial charge in [0.05, 0.1) is 0 Å². The van der Waals surface area contributed by atoms with Gasteiger partial charge >= 0.3 is 0 Å². The van der Waals surface area contributed by atoms with E-state index in [9.17, 15) is 0 Å². The highest BCUT2D eigenvalue weighted by molar-refractivity contribution is 5.74. The van der Waals surface area contributed by atoms with E-state index < -0.39 is 0 Å². The minimum Gasteiger partial charge on any atom is -0.169 e. The van der Waals surface area contributed by atoms with Gasteiger partial charge in [-0.25, -0.2) is 0 Å². The summed E-state index contributed by atoms with van der Waals surface area (Å²) in [6.45, 7) is 9.05. The van der Waals surface area contributed by atoms with Crippen LogP contribution in [0.5, 0.6) is 0 Å². The standard InChI is InChI=1S/C16H21N3/c1-13(12-16(2,3)4)8-7-11-19-15-10-6-5-9-14(15)17-18-19/h5-6,9-10,13H,8,12H2,1-4H3. The van der Waals surface area contributed by atoms with E-state index in [-0.39, 0.29) is 0 Å². The molecule has 0 aliphatic carbocycles. The van der Waals surface area contributed by atoms with Gasteiger partial charge in [-0.05, 0) is 29.9 Å². The molecule has 0 fully saturated rings. The Kier molecular flexibility index (Phi) is 3.90. The Labute approximate surface area is 115 Å². The van der Waals surface area contributed by atoms with E-state index in [0.29, 0.717) is 11.3 Å². The lowest BCUT2D eigenvalue weighted by molar-refractivity contribution is 0.310. The minimum atomic E-state index is 0.362. The zero-order valence-corrected chi connectivity index (χ0v) is 12.1. The number of fused-ring (bicyclic) bond motifs is 1. The van der Waals surface area contributed by atoms with E-state index in [1.54, 1.807) is 4.68 Å². The van der Waals surface area contributed by atoms with Gasteiger partial charge in [0.25, 0.3) is 0 Å². The van der Waals surface area contributed by atoms with Crippen molar-refractivity contribution in [3.8, 4) is 12.0 Å². The van der Waals surface area contributed by atoms with Crippen LogP contribution in [-0.4, -0.2) is 15.0 Å². The molecule has 1 aromatic carbocycles. The second-order valence-corrected chi connectivity index (χ2v) is 6.35. The van der Waals surface area contributed by atoms with Gasteiger partial charge in [-0.3, -0.25) is 0 Å². The zero-order chi connectivity index (χ0) is 13.9. The first-order valence-corrected chi connectivity index (χ1v) is 6.75. The van der Waals surface area contributed by atoms with Crippen molar-refractivity contribution < 1.29 is 0 Å². The summed E-state index contributed by atoms with van der Waals surface area (Å²) in [7, 11) is 0. The fourth-order valence-corrected chi connectivity index (χ4v) is 2.36.